The normalized spacial score (nSPS) is 16.9. The van der Waals surface area contributed by atoms with E-state index in [0.717, 1.165) is 0 Å². The molecular formula is C23H26Cl2N2O3. The summed E-state index contributed by atoms with van der Waals surface area (Å²) in [5.74, 6) is -0.487. The second-order valence-corrected chi connectivity index (χ2v) is 8.89. The maximum absolute atomic E-state index is 13.2. The molecule has 1 saturated heterocycles. The number of amides is 2. The Morgan fingerprint density at radius 3 is 2.27 bits per heavy atom. The lowest BCUT2D eigenvalue weighted by molar-refractivity contribution is -0.138. The second kappa shape index (κ2) is 9.38. The van der Waals surface area contributed by atoms with E-state index < -0.39 is 11.6 Å². The summed E-state index contributed by atoms with van der Waals surface area (Å²) in [5.41, 5.74) is 0.0267. The molecule has 2 amide bonds. The van der Waals surface area contributed by atoms with Gasteiger partial charge >= 0.3 is 0 Å². The Bertz CT molecular complexity index is 910. The molecule has 30 heavy (non-hydrogen) atoms. The van der Waals surface area contributed by atoms with Crippen molar-refractivity contribution in [2.24, 2.45) is 5.92 Å². The van der Waals surface area contributed by atoms with Gasteiger partial charge in [-0.1, -0.05) is 61.3 Å². The summed E-state index contributed by atoms with van der Waals surface area (Å²) in [6.45, 7) is 4.56. The lowest BCUT2D eigenvalue weighted by atomic mass is 9.84. The molecule has 0 saturated carbocycles. The average Bonchev–Trinajstić information content (AvgIpc) is 2.72. The number of rotatable bonds is 5. The van der Waals surface area contributed by atoms with Crippen LogP contribution in [-0.4, -0.2) is 41.0 Å². The van der Waals surface area contributed by atoms with Crippen molar-refractivity contribution < 1.29 is 14.7 Å². The summed E-state index contributed by atoms with van der Waals surface area (Å²) in [4.78, 5) is 27.4. The van der Waals surface area contributed by atoms with Gasteiger partial charge in [0.2, 0.25) is 5.91 Å². The Kier molecular flexibility index (Phi) is 7.06. The smallest absolute Gasteiger partial charge is 0.251 e. The van der Waals surface area contributed by atoms with Crippen LogP contribution in [0.1, 0.15) is 42.6 Å². The van der Waals surface area contributed by atoms with Crippen LogP contribution in [0.5, 0.6) is 0 Å². The van der Waals surface area contributed by atoms with Crippen LogP contribution in [0, 0.1) is 5.92 Å². The van der Waals surface area contributed by atoms with Gasteiger partial charge in [-0.05, 0) is 43.0 Å². The van der Waals surface area contributed by atoms with Crippen LogP contribution in [0.15, 0.2) is 48.5 Å². The molecule has 1 fully saturated rings. The molecule has 2 aromatic carbocycles. The summed E-state index contributed by atoms with van der Waals surface area (Å²) in [6, 6.07) is 13.3. The van der Waals surface area contributed by atoms with Gasteiger partial charge < -0.3 is 15.3 Å². The van der Waals surface area contributed by atoms with Crippen molar-refractivity contribution in [3.05, 3.63) is 69.7 Å². The Morgan fingerprint density at radius 2 is 1.70 bits per heavy atom. The van der Waals surface area contributed by atoms with Crippen molar-refractivity contribution in [1.82, 2.24) is 10.2 Å². The topological polar surface area (TPSA) is 69.6 Å². The third-order valence-corrected chi connectivity index (χ3v) is 6.14. The summed E-state index contributed by atoms with van der Waals surface area (Å²) >= 11 is 12.2. The van der Waals surface area contributed by atoms with Gasteiger partial charge in [-0.15, -0.1) is 0 Å². The molecule has 0 aromatic heterocycles. The van der Waals surface area contributed by atoms with E-state index in [9.17, 15) is 14.7 Å². The SMILES string of the molecule is CC(C)C(NC(=O)c1ccccc1)C(=O)N1CCC(O)(c2ccc(Cl)cc2Cl)CC1. The number of aliphatic hydroxyl groups is 1. The van der Waals surface area contributed by atoms with E-state index in [2.05, 4.69) is 5.32 Å². The van der Waals surface area contributed by atoms with Crippen LogP contribution in [0.4, 0.5) is 0 Å². The van der Waals surface area contributed by atoms with Crippen LogP contribution in [0.3, 0.4) is 0 Å². The van der Waals surface area contributed by atoms with Crippen LogP contribution in [-0.2, 0) is 10.4 Å². The van der Waals surface area contributed by atoms with E-state index in [1.54, 1.807) is 47.4 Å². The Morgan fingerprint density at radius 1 is 1.07 bits per heavy atom. The number of halogens is 2. The van der Waals surface area contributed by atoms with Crippen molar-refractivity contribution >= 4 is 35.0 Å². The minimum Gasteiger partial charge on any atom is -0.385 e. The van der Waals surface area contributed by atoms with Crippen molar-refractivity contribution in [1.29, 1.82) is 0 Å². The monoisotopic (exact) mass is 448 g/mol. The number of piperidine rings is 1. The number of nitrogens with zero attached hydrogens (tertiary/aromatic N) is 1. The van der Waals surface area contributed by atoms with Gasteiger partial charge in [0.25, 0.3) is 5.91 Å². The average molecular weight is 449 g/mol. The van der Waals surface area contributed by atoms with E-state index in [4.69, 9.17) is 23.2 Å². The Labute approximate surface area is 187 Å². The first-order valence-electron chi connectivity index (χ1n) is 10.0. The van der Waals surface area contributed by atoms with Gasteiger partial charge in [0.05, 0.1) is 5.60 Å². The highest BCUT2D eigenvalue weighted by Crippen LogP contribution is 2.38. The molecule has 2 N–H and O–H groups in total. The number of carbonyl (C=O) groups excluding carboxylic acids is 2. The van der Waals surface area contributed by atoms with Crippen LogP contribution in [0.2, 0.25) is 10.0 Å². The Hall–Kier alpha value is -2.08. The highest BCUT2D eigenvalue weighted by molar-refractivity contribution is 6.35. The molecule has 0 bridgehead atoms. The molecule has 160 valence electrons. The minimum atomic E-state index is -1.11. The lowest BCUT2D eigenvalue weighted by Gasteiger charge is -2.40. The van der Waals surface area contributed by atoms with Crippen molar-refractivity contribution in [3.8, 4) is 0 Å². The zero-order chi connectivity index (χ0) is 21.9. The predicted molar refractivity (Wildman–Crippen MR) is 119 cm³/mol. The number of likely N-dealkylation sites (tertiary alicyclic amines) is 1. The fourth-order valence-electron chi connectivity index (χ4n) is 3.76. The van der Waals surface area contributed by atoms with E-state index in [1.807, 2.05) is 19.9 Å². The van der Waals surface area contributed by atoms with Crippen molar-refractivity contribution in [2.75, 3.05) is 13.1 Å². The molecule has 5 nitrogen and oxygen atoms in total. The second-order valence-electron chi connectivity index (χ2n) is 8.04. The summed E-state index contributed by atoms with van der Waals surface area (Å²) in [6.07, 6.45) is 0.717. The molecule has 0 radical (unpaired) electrons. The molecule has 1 heterocycles. The fraction of sp³-hybridized carbons (Fsp3) is 0.391. The molecule has 7 heteroatoms. The van der Waals surface area contributed by atoms with Crippen LogP contribution in [0.25, 0.3) is 0 Å². The van der Waals surface area contributed by atoms with E-state index in [0.29, 0.717) is 47.1 Å². The molecular weight excluding hydrogens is 423 g/mol. The van der Waals surface area contributed by atoms with E-state index in [-0.39, 0.29) is 17.7 Å². The maximum Gasteiger partial charge on any atom is 0.251 e. The molecule has 0 spiro atoms. The predicted octanol–water partition coefficient (Wildman–Crippen LogP) is 4.26. The Balaban J connectivity index is 1.68. The van der Waals surface area contributed by atoms with Gasteiger partial charge in [-0.2, -0.15) is 0 Å². The summed E-state index contributed by atoms with van der Waals surface area (Å²) in [5, 5.41) is 14.9. The first-order valence-corrected chi connectivity index (χ1v) is 10.8. The number of hydrogen-bond donors (Lipinski definition) is 2. The molecule has 1 aliphatic heterocycles. The largest absolute Gasteiger partial charge is 0.385 e. The van der Waals surface area contributed by atoms with Crippen LogP contribution < -0.4 is 5.32 Å². The van der Waals surface area contributed by atoms with E-state index in [1.165, 1.54) is 0 Å². The summed E-state index contributed by atoms with van der Waals surface area (Å²) < 4.78 is 0. The van der Waals surface area contributed by atoms with Gasteiger partial charge in [-0.25, -0.2) is 0 Å². The minimum absolute atomic E-state index is 0.0725. The lowest BCUT2D eigenvalue weighted by Crippen LogP contribution is -2.54. The molecule has 3 rings (SSSR count). The molecule has 1 unspecified atom stereocenters. The van der Waals surface area contributed by atoms with Crippen molar-refractivity contribution in [2.45, 2.75) is 38.3 Å². The fourth-order valence-corrected chi connectivity index (χ4v) is 4.34. The first kappa shape index (κ1) is 22.6. The third-order valence-electron chi connectivity index (χ3n) is 5.59. The van der Waals surface area contributed by atoms with Crippen LogP contribution >= 0.6 is 23.2 Å². The highest BCUT2D eigenvalue weighted by atomic mass is 35.5. The van der Waals surface area contributed by atoms with Gasteiger partial charge in [0.15, 0.2) is 0 Å². The molecule has 1 atom stereocenters. The molecule has 1 aliphatic rings. The quantitative estimate of drug-likeness (QED) is 0.717. The van der Waals surface area contributed by atoms with Gasteiger partial charge in [0, 0.05) is 34.3 Å². The van der Waals surface area contributed by atoms with Crippen molar-refractivity contribution in [3.63, 3.8) is 0 Å². The zero-order valence-corrected chi connectivity index (χ0v) is 18.6. The molecule has 0 aliphatic carbocycles. The summed E-state index contributed by atoms with van der Waals surface area (Å²) in [7, 11) is 0. The maximum atomic E-state index is 13.2. The number of nitrogens with one attached hydrogen (secondary N) is 1. The molecule has 2 aromatic rings. The van der Waals surface area contributed by atoms with Gasteiger partial charge in [-0.3, -0.25) is 9.59 Å². The van der Waals surface area contributed by atoms with Gasteiger partial charge in [0.1, 0.15) is 6.04 Å². The number of benzene rings is 2. The third kappa shape index (κ3) is 4.97. The number of carbonyl (C=O) groups is 2. The number of hydrogen-bond acceptors (Lipinski definition) is 3. The van der Waals surface area contributed by atoms with E-state index >= 15 is 0 Å². The zero-order valence-electron chi connectivity index (χ0n) is 17.1. The standard InChI is InChI=1S/C23H26Cl2N2O3/c1-15(2)20(26-21(28)16-6-4-3-5-7-16)22(29)27-12-10-23(30,11-13-27)18-9-8-17(24)14-19(18)25/h3-9,14-15,20,30H,10-13H2,1-2H3,(H,26,28). The first-order chi connectivity index (χ1) is 14.2. The highest BCUT2D eigenvalue weighted by Gasteiger charge is 2.39.